The Morgan fingerprint density at radius 1 is 1.11 bits per heavy atom. The fourth-order valence-corrected chi connectivity index (χ4v) is 9.45. The van der Waals surface area contributed by atoms with E-state index in [0.717, 1.165) is 45.1 Å². The smallest absolute Gasteiger partial charge is 0.229 e. The monoisotopic (exact) mass is 417 g/mol. The third kappa shape index (κ3) is 2.52. The Morgan fingerprint density at radius 2 is 1.93 bits per heavy atom. The van der Waals surface area contributed by atoms with E-state index in [4.69, 9.17) is 11.6 Å². The molecule has 4 aliphatic carbocycles. The molecule has 2 aromatic rings. The van der Waals surface area contributed by atoms with Crippen LogP contribution in [0.3, 0.4) is 0 Å². The maximum absolute atomic E-state index is 14.1. The van der Waals surface area contributed by atoms with Crippen molar-refractivity contribution in [2.75, 3.05) is 6.54 Å². The predicted octanol–water partition coefficient (Wildman–Crippen LogP) is 5.86. The number of nitrogens with zero attached hydrogens (tertiary/aromatic N) is 1. The molecule has 3 heterocycles. The molecule has 0 spiro atoms. The maximum Gasteiger partial charge on any atom is 0.229 e. The van der Waals surface area contributed by atoms with Gasteiger partial charge in [-0.05, 0) is 85.2 Å². The van der Waals surface area contributed by atoms with Gasteiger partial charge in [0.2, 0.25) is 5.91 Å². The van der Waals surface area contributed by atoms with Gasteiger partial charge in [-0.1, -0.05) is 6.07 Å². The van der Waals surface area contributed by atoms with Gasteiger partial charge >= 0.3 is 0 Å². The number of alkyl halides is 1. The average Bonchev–Trinajstić information content (AvgIpc) is 3.29. The summed E-state index contributed by atoms with van der Waals surface area (Å²) >= 11 is 10.7. The summed E-state index contributed by atoms with van der Waals surface area (Å²) < 4.78 is 0. The second-order valence-electron chi connectivity index (χ2n) is 9.36. The third-order valence-corrected chi connectivity index (χ3v) is 9.85. The molecule has 0 unspecified atom stereocenters. The third-order valence-electron chi connectivity index (χ3n) is 7.48. The Hall–Kier alpha value is -0.840. The van der Waals surface area contributed by atoms with Crippen molar-refractivity contribution >= 4 is 40.2 Å². The van der Waals surface area contributed by atoms with Gasteiger partial charge in [-0.3, -0.25) is 4.79 Å². The number of amides is 1. The topological polar surface area (TPSA) is 20.3 Å². The molecule has 5 aliphatic rings. The second kappa shape index (κ2) is 5.84. The Bertz CT molecular complexity index is 874. The first kappa shape index (κ1) is 17.1. The van der Waals surface area contributed by atoms with Crippen molar-refractivity contribution in [1.82, 2.24) is 4.90 Å². The van der Waals surface area contributed by atoms with Gasteiger partial charge in [0, 0.05) is 21.2 Å². The van der Waals surface area contributed by atoms with Crippen LogP contribution in [0.4, 0.5) is 0 Å². The lowest BCUT2D eigenvalue weighted by Crippen LogP contribution is -2.60. The minimum Gasteiger partial charge on any atom is -0.330 e. The average molecular weight is 418 g/mol. The zero-order valence-electron chi connectivity index (χ0n) is 15.3. The Morgan fingerprint density at radius 3 is 2.63 bits per heavy atom. The van der Waals surface area contributed by atoms with Crippen LogP contribution in [0, 0.1) is 17.3 Å². The molecule has 27 heavy (non-hydrogen) atoms. The van der Waals surface area contributed by atoms with Crippen LogP contribution in [0.1, 0.15) is 59.9 Å². The molecule has 1 aliphatic heterocycles. The van der Waals surface area contributed by atoms with Crippen molar-refractivity contribution in [1.29, 1.82) is 0 Å². The molecule has 0 N–H and O–H groups in total. The number of hydrogen-bond acceptors (Lipinski definition) is 3. The number of carbonyl (C=O) groups is 1. The highest BCUT2D eigenvalue weighted by Crippen LogP contribution is 2.64. The molecular formula is C22H24ClNOS2. The molecule has 4 saturated carbocycles. The quantitative estimate of drug-likeness (QED) is 0.560. The standard InChI is InChI=1S/C22H24ClNOS2/c23-22-11-14-8-15(12-22)10-21(9-14,13-22)20(25)24-5-3-17-16(4-7-27-17)19(24)18-2-1-6-26-18/h1-2,4,6-7,14-15,19H,3,5,8-13H2/t14-,15-,19+,21?,22?/m1/s1. The predicted molar refractivity (Wildman–Crippen MR) is 112 cm³/mol. The van der Waals surface area contributed by atoms with Crippen molar-refractivity contribution in [3.63, 3.8) is 0 Å². The van der Waals surface area contributed by atoms with Gasteiger partial charge in [0.15, 0.2) is 0 Å². The highest BCUT2D eigenvalue weighted by Gasteiger charge is 2.61. The molecule has 4 fully saturated rings. The minimum absolute atomic E-state index is 0.104. The van der Waals surface area contributed by atoms with Gasteiger partial charge in [-0.25, -0.2) is 0 Å². The Balaban J connectivity index is 1.40. The van der Waals surface area contributed by atoms with Crippen molar-refractivity contribution in [2.24, 2.45) is 17.3 Å². The summed E-state index contributed by atoms with van der Waals surface area (Å²) in [6.07, 6.45) is 7.59. The van der Waals surface area contributed by atoms with E-state index in [1.807, 2.05) is 11.3 Å². The molecule has 0 radical (unpaired) electrons. The van der Waals surface area contributed by atoms with E-state index in [1.54, 1.807) is 11.3 Å². The largest absolute Gasteiger partial charge is 0.330 e. The summed E-state index contributed by atoms with van der Waals surface area (Å²) in [6.45, 7) is 0.848. The molecule has 0 aromatic carbocycles. The molecule has 2 aromatic heterocycles. The summed E-state index contributed by atoms with van der Waals surface area (Å²) in [5, 5.41) is 4.33. The number of thiophene rings is 2. The minimum atomic E-state index is -0.200. The summed E-state index contributed by atoms with van der Waals surface area (Å²) in [4.78, 5) is 19.0. The van der Waals surface area contributed by atoms with E-state index in [9.17, 15) is 4.79 Å². The summed E-state index contributed by atoms with van der Waals surface area (Å²) in [7, 11) is 0. The lowest BCUT2D eigenvalue weighted by atomic mass is 9.49. The van der Waals surface area contributed by atoms with Crippen LogP contribution in [0.25, 0.3) is 0 Å². The highest BCUT2D eigenvalue weighted by molar-refractivity contribution is 7.10. The van der Waals surface area contributed by atoms with Crippen LogP contribution in [0.5, 0.6) is 0 Å². The summed E-state index contributed by atoms with van der Waals surface area (Å²) in [6, 6.07) is 6.66. The molecule has 3 atom stereocenters. The van der Waals surface area contributed by atoms with Crippen LogP contribution in [-0.2, 0) is 11.2 Å². The lowest BCUT2D eigenvalue weighted by Gasteiger charge is -2.60. The first-order valence-corrected chi connectivity index (χ1v) is 12.3. The number of hydrogen-bond donors (Lipinski definition) is 0. The molecule has 0 saturated heterocycles. The van der Waals surface area contributed by atoms with E-state index in [2.05, 4.69) is 33.9 Å². The Kier molecular flexibility index (Phi) is 3.69. The Labute approximate surface area is 173 Å². The number of carbonyl (C=O) groups excluding carboxylic acids is 1. The lowest BCUT2D eigenvalue weighted by molar-refractivity contribution is -0.158. The van der Waals surface area contributed by atoms with Crippen LogP contribution in [0.2, 0.25) is 0 Å². The molecule has 2 nitrogen and oxygen atoms in total. The van der Waals surface area contributed by atoms with Gasteiger partial charge < -0.3 is 4.90 Å². The second-order valence-corrected chi connectivity index (χ2v) is 12.1. The van der Waals surface area contributed by atoms with E-state index in [-0.39, 0.29) is 16.3 Å². The number of halogens is 1. The van der Waals surface area contributed by atoms with Gasteiger partial charge in [-0.2, -0.15) is 0 Å². The zero-order valence-corrected chi connectivity index (χ0v) is 17.7. The van der Waals surface area contributed by atoms with Gasteiger partial charge in [0.05, 0.1) is 11.5 Å². The zero-order chi connectivity index (χ0) is 18.2. The summed E-state index contributed by atoms with van der Waals surface area (Å²) in [5.41, 5.74) is 1.15. The van der Waals surface area contributed by atoms with Crippen LogP contribution >= 0.6 is 34.3 Å². The SMILES string of the molecule is O=C(N1CCc2sccc2[C@H]1c1cccs1)C12C[C@H]3C[C@@H](CC(Cl)(C3)C1)C2. The number of rotatable bonds is 2. The summed E-state index contributed by atoms with van der Waals surface area (Å²) in [5.74, 6) is 1.72. The number of fused-ring (bicyclic) bond motifs is 1. The molecular weight excluding hydrogens is 394 g/mol. The molecule has 5 heteroatoms. The van der Waals surface area contributed by atoms with E-state index >= 15 is 0 Å². The highest BCUT2D eigenvalue weighted by atomic mass is 35.5. The fraction of sp³-hybridized carbons (Fsp3) is 0.591. The van der Waals surface area contributed by atoms with Crippen molar-refractivity contribution < 1.29 is 4.79 Å². The van der Waals surface area contributed by atoms with E-state index < -0.39 is 0 Å². The normalized spacial score (nSPS) is 39.6. The first-order chi connectivity index (χ1) is 13.1. The van der Waals surface area contributed by atoms with Crippen molar-refractivity contribution in [2.45, 2.75) is 55.9 Å². The van der Waals surface area contributed by atoms with Crippen molar-refractivity contribution in [3.8, 4) is 0 Å². The molecule has 4 bridgehead atoms. The van der Waals surface area contributed by atoms with Crippen LogP contribution < -0.4 is 0 Å². The van der Waals surface area contributed by atoms with Gasteiger partial charge in [0.25, 0.3) is 0 Å². The molecule has 142 valence electrons. The van der Waals surface area contributed by atoms with Gasteiger partial charge in [0.1, 0.15) is 0 Å². The first-order valence-electron chi connectivity index (χ1n) is 10.1. The van der Waals surface area contributed by atoms with Crippen LogP contribution in [-0.4, -0.2) is 22.2 Å². The molecule has 1 amide bonds. The molecule has 7 rings (SSSR count). The van der Waals surface area contributed by atoms with Crippen molar-refractivity contribution in [3.05, 3.63) is 44.3 Å². The maximum atomic E-state index is 14.1. The van der Waals surface area contributed by atoms with E-state index in [0.29, 0.717) is 17.7 Å². The van der Waals surface area contributed by atoms with Crippen LogP contribution in [0.15, 0.2) is 29.0 Å². The fourth-order valence-electron chi connectivity index (χ4n) is 6.99. The van der Waals surface area contributed by atoms with E-state index in [1.165, 1.54) is 21.7 Å². The van der Waals surface area contributed by atoms with Gasteiger partial charge in [-0.15, -0.1) is 34.3 Å².